The van der Waals surface area contributed by atoms with E-state index in [2.05, 4.69) is 26.0 Å². The van der Waals surface area contributed by atoms with Crippen LogP contribution in [0.4, 0.5) is 5.69 Å². The summed E-state index contributed by atoms with van der Waals surface area (Å²) in [4.78, 5) is 42.5. The summed E-state index contributed by atoms with van der Waals surface area (Å²) in [5.41, 5.74) is 1.14. The number of esters is 1. The number of thioether (sulfide) groups is 1. The van der Waals surface area contributed by atoms with Crippen LogP contribution in [0.2, 0.25) is 5.02 Å². The molecule has 3 aromatic rings. The summed E-state index contributed by atoms with van der Waals surface area (Å²) in [6.07, 6.45) is 0.764. The molecule has 0 saturated heterocycles. The molecule has 0 bridgehead atoms. The zero-order chi connectivity index (χ0) is 24.7. The summed E-state index contributed by atoms with van der Waals surface area (Å²) in [5.74, 6) is -0.653. The van der Waals surface area contributed by atoms with Crippen molar-refractivity contribution in [1.29, 1.82) is 0 Å². The molecule has 34 heavy (non-hydrogen) atoms. The number of H-pyrrole nitrogens is 1. The average Bonchev–Trinajstić information content (AvgIpc) is 2.78. The molecule has 1 aliphatic heterocycles. The van der Waals surface area contributed by atoms with Gasteiger partial charge in [-0.3, -0.25) is 19.4 Å². The molecule has 2 aromatic carbocycles. The SMILES string of the molecule is COc1cc(Cl)cc([C@H]2N(C(C)=O)c3ccc(Br)cc3-c3c(=O)[nH]c(SC)n[n+]32)c1OC(C)=O. The van der Waals surface area contributed by atoms with Gasteiger partial charge in [0.05, 0.1) is 23.9 Å². The Balaban J connectivity index is 2.16. The summed E-state index contributed by atoms with van der Waals surface area (Å²) < 4.78 is 13.1. The van der Waals surface area contributed by atoms with Crippen LogP contribution in [0, 0.1) is 0 Å². The first-order chi connectivity index (χ1) is 16.2. The van der Waals surface area contributed by atoms with E-state index >= 15 is 0 Å². The number of ether oxygens (including phenoxy) is 2. The molecule has 2 heterocycles. The Morgan fingerprint density at radius 1 is 1.26 bits per heavy atom. The van der Waals surface area contributed by atoms with E-state index < -0.39 is 17.7 Å². The molecule has 0 fully saturated rings. The zero-order valence-corrected chi connectivity index (χ0v) is 21.7. The average molecular weight is 567 g/mol. The lowest BCUT2D eigenvalue weighted by Gasteiger charge is -2.32. The quantitative estimate of drug-likeness (QED) is 0.222. The Kier molecular flexibility index (Phi) is 6.70. The molecule has 1 atom stereocenters. The fourth-order valence-corrected chi connectivity index (χ4v) is 4.84. The normalized spacial score (nSPS) is 14.3. The Hall–Kier alpha value is -2.89. The van der Waals surface area contributed by atoms with Gasteiger partial charge in [-0.1, -0.05) is 39.3 Å². The molecular formula is C22H19BrClN4O5S+. The molecule has 1 aromatic heterocycles. The lowest BCUT2D eigenvalue weighted by Crippen LogP contribution is -2.60. The Labute approximate surface area is 212 Å². The summed E-state index contributed by atoms with van der Waals surface area (Å²) in [6, 6.07) is 8.30. The fraction of sp³-hybridized carbons (Fsp3) is 0.227. The number of fused-ring (bicyclic) bond motifs is 3. The Morgan fingerprint density at radius 3 is 2.62 bits per heavy atom. The number of carbonyl (C=O) groups excluding carboxylic acids is 2. The number of aromatic amines is 1. The van der Waals surface area contributed by atoms with Crippen LogP contribution >= 0.6 is 39.3 Å². The van der Waals surface area contributed by atoms with Gasteiger partial charge in [0, 0.05) is 34.5 Å². The topological polar surface area (TPSA) is 105 Å². The predicted molar refractivity (Wildman–Crippen MR) is 131 cm³/mol. The van der Waals surface area contributed by atoms with Gasteiger partial charge in [-0.2, -0.15) is 0 Å². The van der Waals surface area contributed by atoms with E-state index in [1.807, 2.05) is 0 Å². The standard InChI is InChI=1S/C22H18BrClN4O5S/c1-10(29)27-16-6-5-12(23)7-14(16)18-20(31)25-22(34-4)26-28(18)21(27)15-8-13(24)9-17(32-3)19(15)33-11(2)30/h5-9,21H,1-4H3/p+1/t21-/m0/s1. The second-order valence-corrected chi connectivity index (χ2v) is 9.45. The van der Waals surface area contributed by atoms with Crippen molar-refractivity contribution in [1.82, 2.24) is 10.1 Å². The van der Waals surface area contributed by atoms with Crippen molar-refractivity contribution in [2.75, 3.05) is 18.3 Å². The van der Waals surface area contributed by atoms with Crippen LogP contribution < -0.4 is 24.6 Å². The van der Waals surface area contributed by atoms with Crippen LogP contribution in [0.5, 0.6) is 11.5 Å². The third kappa shape index (κ3) is 4.19. The maximum Gasteiger partial charge on any atom is 0.325 e. The van der Waals surface area contributed by atoms with Crippen molar-refractivity contribution in [3.05, 3.63) is 55.7 Å². The van der Waals surface area contributed by atoms with E-state index in [1.54, 1.807) is 30.5 Å². The number of anilines is 1. The maximum absolute atomic E-state index is 13.2. The molecule has 0 unspecified atom stereocenters. The van der Waals surface area contributed by atoms with E-state index in [1.165, 1.54) is 48.4 Å². The molecule has 1 aliphatic rings. The highest BCUT2D eigenvalue weighted by molar-refractivity contribution is 9.10. The van der Waals surface area contributed by atoms with Gasteiger partial charge in [0.25, 0.3) is 6.17 Å². The molecular weight excluding hydrogens is 548 g/mol. The van der Waals surface area contributed by atoms with Gasteiger partial charge in [-0.15, -0.1) is 0 Å². The Morgan fingerprint density at radius 2 is 2.00 bits per heavy atom. The molecule has 1 N–H and O–H groups in total. The van der Waals surface area contributed by atoms with Crippen LogP contribution in [-0.2, 0) is 9.59 Å². The number of rotatable bonds is 4. The zero-order valence-electron chi connectivity index (χ0n) is 18.5. The van der Waals surface area contributed by atoms with E-state index in [4.69, 9.17) is 21.1 Å². The van der Waals surface area contributed by atoms with Gasteiger partial charge in [0.15, 0.2) is 11.5 Å². The third-order valence-electron chi connectivity index (χ3n) is 5.14. The van der Waals surface area contributed by atoms with Crippen molar-refractivity contribution in [2.24, 2.45) is 0 Å². The van der Waals surface area contributed by atoms with Gasteiger partial charge >= 0.3 is 17.2 Å². The minimum atomic E-state index is -1.00. The van der Waals surface area contributed by atoms with Crippen LogP contribution in [0.25, 0.3) is 11.3 Å². The van der Waals surface area contributed by atoms with E-state index in [0.717, 1.165) is 4.47 Å². The summed E-state index contributed by atoms with van der Waals surface area (Å²) in [5, 5.41) is 5.23. The summed E-state index contributed by atoms with van der Waals surface area (Å²) >= 11 is 11.1. The molecule has 0 radical (unpaired) electrons. The van der Waals surface area contributed by atoms with Gasteiger partial charge in [-0.25, -0.2) is 4.90 Å². The lowest BCUT2D eigenvalue weighted by atomic mass is 10.0. The van der Waals surface area contributed by atoms with Crippen LogP contribution in [0.3, 0.4) is 0 Å². The van der Waals surface area contributed by atoms with E-state index in [-0.39, 0.29) is 28.1 Å². The van der Waals surface area contributed by atoms with Crippen molar-refractivity contribution >= 4 is 56.9 Å². The Bertz CT molecular complexity index is 1400. The summed E-state index contributed by atoms with van der Waals surface area (Å²) in [6.45, 7) is 2.66. The maximum atomic E-state index is 13.2. The van der Waals surface area contributed by atoms with Gasteiger partial charge in [0.2, 0.25) is 11.1 Å². The molecule has 12 heteroatoms. The van der Waals surface area contributed by atoms with Gasteiger partial charge in [0.1, 0.15) is 0 Å². The molecule has 0 saturated carbocycles. The minimum Gasteiger partial charge on any atom is -0.493 e. The smallest absolute Gasteiger partial charge is 0.325 e. The molecule has 176 valence electrons. The number of hydrogen-bond acceptors (Lipinski definition) is 7. The number of aromatic nitrogens is 3. The largest absolute Gasteiger partial charge is 0.493 e. The molecule has 4 rings (SSSR count). The number of hydrogen-bond donors (Lipinski definition) is 1. The second-order valence-electron chi connectivity index (χ2n) is 7.30. The van der Waals surface area contributed by atoms with Gasteiger partial charge in [-0.05, 0) is 35.2 Å². The number of amides is 1. The molecule has 1 amide bonds. The fourth-order valence-electron chi connectivity index (χ4n) is 3.89. The van der Waals surface area contributed by atoms with Crippen molar-refractivity contribution in [2.45, 2.75) is 25.2 Å². The highest BCUT2D eigenvalue weighted by Crippen LogP contribution is 2.44. The minimum absolute atomic E-state index is 0.0717. The molecule has 9 nitrogen and oxygen atoms in total. The monoisotopic (exact) mass is 565 g/mol. The highest BCUT2D eigenvalue weighted by Gasteiger charge is 2.47. The van der Waals surface area contributed by atoms with Gasteiger partial charge < -0.3 is 9.47 Å². The predicted octanol–water partition coefficient (Wildman–Crippen LogP) is 3.71. The highest BCUT2D eigenvalue weighted by atomic mass is 79.9. The van der Waals surface area contributed by atoms with E-state index in [0.29, 0.717) is 22.0 Å². The first-order valence-corrected chi connectivity index (χ1v) is 12.3. The first kappa shape index (κ1) is 24.2. The number of carbonyl (C=O) groups is 2. The molecule has 0 aliphatic carbocycles. The summed E-state index contributed by atoms with van der Waals surface area (Å²) in [7, 11) is 1.41. The third-order valence-corrected chi connectivity index (χ3v) is 6.42. The number of nitrogens with one attached hydrogen (secondary N) is 1. The van der Waals surface area contributed by atoms with Crippen LogP contribution in [0.1, 0.15) is 25.6 Å². The number of nitrogens with zero attached hydrogens (tertiary/aromatic N) is 3. The van der Waals surface area contributed by atoms with Crippen LogP contribution in [0.15, 0.2) is 44.8 Å². The lowest BCUT2D eigenvalue weighted by molar-refractivity contribution is -0.763. The van der Waals surface area contributed by atoms with Crippen molar-refractivity contribution in [3.63, 3.8) is 0 Å². The van der Waals surface area contributed by atoms with E-state index in [9.17, 15) is 14.4 Å². The van der Waals surface area contributed by atoms with Crippen molar-refractivity contribution in [3.8, 4) is 22.8 Å². The van der Waals surface area contributed by atoms with Crippen molar-refractivity contribution < 1.29 is 23.7 Å². The number of benzene rings is 2. The number of halogens is 2. The number of methoxy groups -OCH3 is 1. The second kappa shape index (κ2) is 9.40. The first-order valence-electron chi connectivity index (χ1n) is 9.92. The molecule has 0 spiro atoms. The van der Waals surface area contributed by atoms with Crippen LogP contribution in [-0.4, -0.2) is 35.3 Å².